The van der Waals surface area contributed by atoms with Crippen LogP contribution < -0.4 is 0 Å². The summed E-state index contributed by atoms with van der Waals surface area (Å²) in [5.41, 5.74) is -0.438. The second-order valence-electron chi connectivity index (χ2n) is 2.78. The van der Waals surface area contributed by atoms with E-state index in [1.165, 1.54) is 6.07 Å². The minimum Gasteiger partial charge on any atom is -0.396 e. The summed E-state index contributed by atoms with van der Waals surface area (Å²) in [6.45, 7) is -0.643. The normalized spacial score (nSPS) is 11.8. The summed E-state index contributed by atoms with van der Waals surface area (Å²) in [5, 5.41) is 8.43. The lowest BCUT2D eigenvalue weighted by Gasteiger charge is -2.16. The first-order chi connectivity index (χ1) is 6.49. The maximum absolute atomic E-state index is 13.2. The fourth-order valence-corrected chi connectivity index (χ4v) is 1.62. The predicted octanol–water partition coefficient (Wildman–Crippen LogP) is 3.06. The number of hydrogen-bond acceptors (Lipinski definition) is 1. The van der Waals surface area contributed by atoms with Crippen LogP contribution in [0.5, 0.6) is 0 Å². The molecule has 1 aromatic rings. The van der Waals surface area contributed by atoms with Crippen LogP contribution in [0.3, 0.4) is 0 Å². The summed E-state index contributed by atoms with van der Waals surface area (Å²) < 4.78 is 39.1. The van der Waals surface area contributed by atoms with Crippen molar-refractivity contribution in [3.63, 3.8) is 0 Å². The van der Waals surface area contributed by atoms with Crippen LogP contribution in [0.25, 0.3) is 0 Å². The van der Waals surface area contributed by atoms with Gasteiger partial charge < -0.3 is 5.11 Å². The monoisotopic (exact) mass is 268 g/mol. The summed E-state index contributed by atoms with van der Waals surface area (Å²) in [7, 11) is 0. The molecule has 0 fully saturated rings. The number of alkyl halides is 2. The lowest BCUT2D eigenvalue weighted by atomic mass is 10.1. The van der Waals surface area contributed by atoms with Gasteiger partial charge in [0, 0.05) is 18.6 Å². The molecule has 0 aliphatic heterocycles. The number of rotatable bonds is 3. The van der Waals surface area contributed by atoms with Gasteiger partial charge in [-0.1, -0.05) is 12.1 Å². The molecule has 0 aromatic heterocycles. The van der Waals surface area contributed by atoms with Gasteiger partial charge in [-0.3, -0.25) is 0 Å². The second kappa shape index (κ2) is 4.31. The smallest absolute Gasteiger partial charge is 0.276 e. The largest absolute Gasteiger partial charge is 0.396 e. The van der Waals surface area contributed by atoms with E-state index < -0.39 is 30.3 Å². The second-order valence-corrected chi connectivity index (χ2v) is 3.57. The number of aliphatic hydroxyl groups excluding tert-OH is 1. The third-order valence-corrected chi connectivity index (χ3v) is 2.58. The molecule has 14 heavy (non-hydrogen) atoms. The van der Waals surface area contributed by atoms with Crippen molar-refractivity contribution in [2.24, 2.45) is 0 Å². The van der Waals surface area contributed by atoms with Crippen LogP contribution in [0.1, 0.15) is 12.0 Å². The Labute approximate surface area is 87.7 Å². The Balaban J connectivity index is 3.12. The molecule has 0 aliphatic carbocycles. The van der Waals surface area contributed by atoms with Gasteiger partial charge in [0.2, 0.25) is 0 Å². The van der Waals surface area contributed by atoms with Crippen LogP contribution in [-0.4, -0.2) is 11.7 Å². The minimum absolute atomic E-state index is 0.251. The quantitative estimate of drug-likeness (QED) is 0.894. The first-order valence-electron chi connectivity index (χ1n) is 3.92. The van der Waals surface area contributed by atoms with Crippen molar-refractivity contribution in [3.8, 4) is 0 Å². The van der Waals surface area contributed by atoms with Crippen molar-refractivity contribution in [3.05, 3.63) is 34.1 Å². The van der Waals surface area contributed by atoms with E-state index >= 15 is 0 Å². The third-order valence-electron chi connectivity index (χ3n) is 1.77. The van der Waals surface area contributed by atoms with Gasteiger partial charge in [-0.05, 0) is 22.0 Å². The molecule has 1 N–H and O–H groups in total. The maximum Gasteiger partial charge on any atom is 0.276 e. The van der Waals surface area contributed by atoms with Crippen LogP contribution in [0.4, 0.5) is 13.2 Å². The number of aliphatic hydroxyl groups is 1. The number of halogens is 4. The molecule has 0 bridgehead atoms. The van der Waals surface area contributed by atoms with Crippen molar-refractivity contribution >= 4 is 15.9 Å². The van der Waals surface area contributed by atoms with Gasteiger partial charge in [0.25, 0.3) is 5.92 Å². The van der Waals surface area contributed by atoms with E-state index in [-0.39, 0.29) is 4.47 Å². The SMILES string of the molecule is OCCC(F)(F)c1cccc(F)c1Br. The van der Waals surface area contributed by atoms with Gasteiger partial charge in [-0.15, -0.1) is 0 Å². The first kappa shape index (κ1) is 11.5. The summed E-state index contributed by atoms with van der Waals surface area (Å²) in [5.74, 6) is -3.95. The Morgan fingerprint density at radius 3 is 2.57 bits per heavy atom. The lowest BCUT2D eigenvalue weighted by molar-refractivity contribution is -0.0279. The molecule has 0 saturated heterocycles. The summed E-state index contributed by atoms with van der Waals surface area (Å²) in [6.07, 6.45) is -0.713. The fourth-order valence-electron chi connectivity index (χ4n) is 1.06. The summed E-state index contributed by atoms with van der Waals surface area (Å²) >= 11 is 2.75. The standard InChI is InChI=1S/C9H8BrF3O/c10-8-6(2-1-3-7(8)11)9(12,13)4-5-14/h1-3,14H,4-5H2. The molecule has 5 heteroatoms. The van der Waals surface area contributed by atoms with Gasteiger partial charge in [0.1, 0.15) is 5.82 Å². The summed E-state index contributed by atoms with van der Waals surface area (Å²) in [6, 6.07) is 3.42. The van der Waals surface area contributed by atoms with Gasteiger partial charge in [0.05, 0.1) is 4.47 Å². The van der Waals surface area contributed by atoms with Crippen LogP contribution >= 0.6 is 15.9 Å². The van der Waals surface area contributed by atoms with Crippen molar-refractivity contribution in [2.75, 3.05) is 6.61 Å². The topological polar surface area (TPSA) is 20.2 Å². The van der Waals surface area contributed by atoms with E-state index in [0.29, 0.717) is 0 Å². The molecule has 0 amide bonds. The zero-order valence-electron chi connectivity index (χ0n) is 7.11. The molecule has 0 atom stereocenters. The van der Waals surface area contributed by atoms with E-state index in [2.05, 4.69) is 15.9 Å². The molecule has 0 aliphatic rings. The third kappa shape index (κ3) is 2.27. The van der Waals surface area contributed by atoms with E-state index in [9.17, 15) is 13.2 Å². The Morgan fingerprint density at radius 1 is 1.36 bits per heavy atom. The van der Waals surface area contributed by atoms with Crippen molar-refractivity contribution < 1.29 is 18.3 Å². The van der Waals surface area contributed by atoms with Gasteiger partial charge in [-0.25, -0.2) is 13.2 Å². The van der Waals surface area contributed by atoms with Gasteiger partial charge in [0.15, 0.2) is 0 Å². The molecule has 0 saturated carbocycles. The van der Waals surface area contributed by atoms with E-state index in [0.717, 1.165) is 12.1 Å². The Kier molecular flexibility index (Phi) is 3.55. The van der Waals surface area contributed by atoms with Crippen molar-refractivity contribution in [1.29, 1.82) is 0 Å². The Hall–Kier alpha value is -0.550. The highest BCUT2D eigenvalue weighted by atomic mass is 79.9. The highest BCUT2D eigenvalue weighted by Crippen LogP contribution is 2.37. The molecule has 1 aromatic carbocycles. The van der Waals surface area contributed by atoms with Crippen molar-refractivity contribution in [1.82, 2.24) is 0 Å². The Morgan fingerprint density at radius 2 is 2.00 bits per heavy atom. The molecule has 1 nitrogen and oxygen atoms in total. The average Bonchev–Trinajstić information content (AvgIpc) is 2.09. The first-order valence-corrected chi connectivity index (χ1v) is 4.71. The highest BCUT2D eigenvalue weighted by Gasteiger charge is 2.33. The zero-order chi connectivity index (χ0) is 10.8. The molecule has 78 valence electrons. The fraction of sp³-hybridized carbons (Fsp3) is 0.333. The molecule has 0 unspecified atom stereocenters. The predicted molar refractivity (Wildman–Crippen MR) is 49.7 cm³/mol. The van der Waals surface area contributed by atoms with Gasteiger partial charge >= 0.3 is 0 Å². The molecular formula is C9H8BrF3O. The average molecular weight is 269 g/mol. The highest BCUT2D eigenvalue weighted by molar-refractivity contribution is 9.10. The number of benzene rings is 1. The minimum atomic E-state index is -3.21. The van der Waals surface area contributed by atoms with Crippen LogP contribution in [0.2, 0.25) is 0 Å². The van der Waals surface area contributed by atoms with Crippen LogP contribution in [0.15, 0.2) is 22.7 Å². The van der Waals surface area contributed by atoms with E-state index in [4.69, 9.17) is 5.11 Å². The maximum atomic E-state index is 13.2. The number of hydrogen-bond donors (Lipinski definition) is 1. The molecule has 0 radical (unpaired) electrons. The molecular weight excluding hydrogens is 261 g/mol. The summed E-state index contributed by atoms with van der Waals surface area (Å²) in [4.78, 5) is 0. The van der Waals surface area contributed by atoms with Crippen molar-refractivity contribution in [2.45, 2.75) is 12.3 Å². The van der Waals surface area contributed by atoms with Crippen LogP contribution in [-0.2, 0) is 5.92 Å². The van der Waals surface area contributed by atoms with E-state index in [1.807, 2.05) is 0 Å². The lowest BCUT2D eigenvalue weighted by Crippen LogP contribution is -2.16. The van der Waals surface area contributed by atoms with Crippen LogP contribution in [0, 0.1) is 5.82 Å². The Bertz CT molecular complexity index is 328. The molecule has 1 rings (SSSR count). The molecule has 0 heterocycles. The van der Waals surface area contributed by atoms with Gasteiger partial charge in [-0.2, -0.15) is 0 Å². The van der Waals surface area contributed by atoms with E-state index in [1.54, 1.807) is 0 Å². The molecule has 0 spiro atoms. The zero-order valence-corrected chi connectivity index (χ0v) is 8.69.